The van der Waals surface area contributed by atoms with Crippen LogP contribution in [0.4, 0.5) is 0 Å². The van der Waals surface area contributed by atoms with Gasteiger partial charge in [-0.2, -0.15) is 0 Å². The molecule has 0 unspecified atom stereocenters. The Morgan fingerprint density at radius 3 is 2.71 bits per heavy atom. The molecule has 0 atom stereocenters. The van der Waals surface area contributed by atoms with E-state index in [4.69, 9.17) is 0 Å². The molecule has 2 aromatic carbocycles. The van der Waals surface area contributed by atoms with E-state index in [2.05, 4.69) is 68.7 Å². The third kappa shape index (κ3) is 2.53. The highest BCUT2D eigenvalue weighted by atomic mass is 14.8. The molecule has 1 N–H and O–H groups in total. The number of nitrogens with one attached hydrogen (secondary N) is 1. The molecule has 24 heavy (non-hydrogen) atoms. The number of benzene rings is 2. The summed E-state index contributed by atoms with van der Waals surface area (Å²) in [6.45, 7) is 11.2. The number of hydrogen-bond donors (Lipinski definition) is 1. The Morgan fingerprint density at radius 1 is 1.08 bits per heavy atom. The summed E-state index contributed by atoms with van der Waals surface area (Å²) in [7, 11) is 0. The monoisotopic (exact) mass is 316 g/mol. The Morgan fingerprint density at radius 2 is 1.92 bits per heavy atom. The molecule has 1 aliphatic heterocycles. The van der Waals surface area contributed by atoms with E-state index in [1.165, 1.54) is 45.3 Å². The van der Waals surface area contributed by atoms with Gasteiger partial charge < -0.3 is 0 Å². The molecule has 2 aromatic rings. The molecule has 0 aromatic heterocycles. The molecule has 1 heterocycles. The first-order chi connectivity index (χ1) is 11.5. The number of fused-ring (bicyclic) bond motifs is 4. The molecule has 0 amide bonds. The summed E-state index contributed by atoms with van der Waals surface area (Å²) < 4.78 is 0. The maximum atomic E-state index is 4.12. The Kier molecular flexibility index (Phi) is 3.49. The highest BCUT2D eigenvalue weighted by Gasteiger charge is 2.32. The summed E-state index contributed by atoms with van der Waals surface area (Å²) in [6, 6.07) is 13.5. The minimum atomic E-state index is 0.324. The van der Waals surface area contributed by atoms with Crippen molar-refractivity contribution in [1.82, 2.24) is 0 Å². The molecule has 1 nitrogen and oxygen atoms in total. The van der Waals surface area contributed by atoms with Crippen LogP contribution in [0.3, 0.4) is 0 Å². The van der Waals surface area contributed by atoms with Crippen LogP contribution >= 0.6 is 0 Å². The second kappa shape index (κ2) is 5.44. The Bertz CT molecular complexity index is 960. The Labute approximate surface area is 144 Å². The van der Waals surface area contributed by atoms with Crippen molar-refractivity contribution >= 4 is 17.8 Å². The van der Waals surface area contributed by atoms with Gasteiger partial charge in [0.1, 0.15) is 0 Å². The van der Waals surface area contributed by atoms with Gasteiger partial charge in [-0.3, -0.25) is 0 Å². The smallest absolute Gasteiger partial charge is 0.204 e. The van der Waals surface area contributed by atoms with Gasteiger partial charge in [-0.1, -0.05) is 39.5 Å². The van der Waals surface area contributed by atoms with Crippen LogP contribution in [0.1, 0.15) is 55.9 Å². The molecule has 1 aliphatic carbocycles. The van der Waals surface area contributed by atoms with E-state index < -0.39 is 0 Å². The molecule has 0 fully saturated rings. The van der Waals surface area contributed by atoms with Gasteiger partial charge in [-0.25, -0.2) is 4.99 Å². The molecule has 1 heteroatoms. The van der Waals surface area contributed by atoms with Crippen molar-refractivity contribution < 1.29 is 4.99 Å². The average Bonchev–Trinajstić information content (AvgIpc) is 2.88. The van der Waals surface area contributed by atoms with Gasteiger partial charge in [0.2, 0.25) is 11.1 Å². The van der Waals surface area contributed by atoms with Gasteiger partial charge in [-0.05, 0) is 65.6 Å². The van der Waals surface area contributed by atoms with Gasteiger partial charge in [0.25, 0.3) is 0 Å². The highest BCUT2D eigenvalue weighted by molar-refractivity contribution is 5.88. The van der Waals surface area contributed by atoms with Crippen LogP contribution in [0, 0.1) is 5.41 Å². The standard InChI is InChI=1S/C23H25N/c1-5-16-7-8-18-17(13-16)14-23(3,4)11-10-19-20-12-15(2)6-9-21(20)24-22(18)19/h6-9,12-13H,2,5,10-11,14H2,1,3-4H3/p+1. The molecule has 122 valence electrons. The van der Waals surface area contributed by atoms with Crippen molar-refractivity contribution in [2.24, 2.45) is 5.41 Å². The summed E-state index contributed by atoms with van der Waals surface area (Å²) in [6.07, 6.45) is 4.58. The lowest BCUT2D eigenvalue weighted by atomic mass is 9.76. The second-order valence-corrected chi connectivity index (χ2v) is 8.04. The van der Waals surface area contributed by atoms with Crippen molar-refractivity contribution in [3.05, 3.63) is 69.2 Å². The second-order valence-electron chi connectivity index (χ2n) is 8.04. The number of aryl methyl sites for hydroxylation is 1. The molecule has 2 aliphatic rings. The zero-order chi connectivity index (χ0) is 16.9. The molecule has 4 rings (SSSR count). The summed E-state index contributed by atoms with van der Waals surface area (Å²) in [5.74, 6) is 0. The van der Waals surface area contributed by atoms with E-state index in [0.717, 1.165) is 24.5 Å². The van der Waals surface area contributed by atoms with Crippen LogP contribution in [0.5, 0.6) is 0 Å². The third-order valence-corrected chi connectivity index (χ3v) is 5.54. The molecule has 0 radical (unpaired) electrons. The lowest BCUT2D eigenvalue weighted by molar-refractivity contribution is -0.388. The lowest BCUT2D eigenvalue weighted by Gasteiger charge is -2.28. The first-order valence-electron chi connectivity index (χ1n) is 9.05. The van der Waals surface area contributed by atoms with E-state index >= 15 is 0 Å². The van der Waals surface area contributed by atoms with E-state index in [9.17, 15) is 0 Å². The highest BCUT2D eigenvalue weighted by Crippen LogP contribution is 2.38. The minimum Gasteiger partial charge on any atom is -0.204 e. The molecule has 0 saturated carbocycles. The molecule has 0 spiro atoms. The largest absolute Gasteiger partial charge is 0.215 e. The van der Waals surface area contributed by atoms with E-state index in [1.54, 1.807) is 0 Å². The predicted molar refractivity (Wildman–Crippen MR) is 101 cm³/mol. The number of rotatable bonds is 1. The van der Waals surface area contributed by atoms with Crippen LogP contribution < -0.4 is 15.6 Å². The van der Waals surface area contributed by atoms with Crippen LogP contribution in [0.2, 0.25) is 0 Å². The minimum absolute atomic E-state index is 0.324. The van der Waals surface area contributed by atoms with E-state index in [0.29, 0.717) is 5.41 Å². The molecule has 0 bridgehead atoms. The van der Waals surface area contributed by atoms with Gasteiger partial charge >= 0.3 is 0 Å². The Hall–Kier alpha value is -2.15. The van der Waals surface area contributed by atoms with Crippen LogP contribution in [-0.2, 0) is 12.8 Å². The normalized spacial score (nSPS) is 18.1. The number of hydrogen-bond acceptors (Lipinski definition) is 0. The predicted octanol–water partition coefficient (Wildman–Crippen LogP) is 2.60. The first-order valence-corrected chi connectivity index (χ1v) is 9.05. The van der Waals surface area contributed by atoms with Gasteiger partial charge in [-0.15, -0.1) is 0 Å². The molecular formula is C23H26N+. The third-order valence-electron chi connectivity index (χ3n) is 5.54. The van der Waals surface area contributed by atoms with Crippen LogP contribution in [0.25, 0.3) is 17.8 Å². The SMILES string of the molecule is C=c1ccc2c(c1)C1=C([NH+]=2)c2ccc(CC)cc2CC(C)(C)CC1. The van der Waals surface area contributed by atoms with Gasteiger partial charge in [0.15, 0.2) is 0 Å². The van der Waals surface area contributed by atoms with E-state index in [1.807, 2.05) is 0 Å². The van der Waals surface area contributed by atoms with Crippen molar-refractivity contribution in [2.45, 2.75) is 46.5 Å². The van der Waals surface area contributed by atoms with Crippen molar-refractivity contribution in [1.29, 1.82) is 0 Å². The van der Waals surface area contributed by atoms with E-state index in [-0.39, 0.29) is 0 Å². The van der Waals surface area contributed by atoms with Gasteiger partial charge in [0, 0.05) is 17.2 Å². The van der Waals surface area contributed by atoms with Gasteiger partial charge in [0.05, 0.1) is 5.56 Å². The quantitative estimate of drug-likeness (QED) is 0.831. The van der Waals surface area contributed by atoms with Crippen molar-refractivity contribution in [3.63, 3.8) is 0 Å². The van der Waals surface area contributed by atoms with Crippen LogP contribution in [-0.4, -0.2) is 0 Å². The average molecular weight is 316 g/mol. The fraction of sp³-hybridized carbons (Fsp3) is 0.348. The fourth-order valence-electron chi connectivity index (χ4n) is 4.11. The van der Waals surface area contributed by atoms with Crippen LogP contribution in [0.15, 0.2) is 36.4 Å². The number of allylic oxidation sites excluding steroid dienone is 1. The zero-order valence-electron chi connectivity index (χ0n) is 15.0. The molecular weight excluding hydrogens is 290 g/mol. The maximum absolute atomic E-state index is 4.12. The Balaban J connectivity index is 1.97. The topological polar surface area (TPSA) is 14.0 Å². The summed E-state index contributed by atoms with van der Waals surface area (Å²) in [5.41, 5.74) is 8.77. The summed E-state index contributed by atoms with van der Waals surface area (Å²) in [4.78, 5) is 3.70. The first kappa shape index (κ1) is 15.4. The van der Waals surface area contributed by atoms with Crippen molar-refractivity contribution in [2.75, 3.05) is 0 Å². The summed E-state index contributed by atoms with van der Waals surface area (Å²) in [5, 5.41) is 2.32. The fourth-order valence-corrected chi connectivity index (χ4v) is 4.11. The summed E-state index contributed by atoms with van der Waals surface area (Å²) >= 11 is 0. The maximum Gasteiger partial charge on any atom is 0.215 e. The van der Waals surface area contributed by atoms with Crippen molar-refractivity contribution in [3.8, 4) is 0 Å². The lowest BCUT2D eigenvalue weighted by Crippen LogP contribution is -2.71. The zero-order valence-corrected chi connectivity index (χ0v) is 15.0. The molecule has 0 saturated heterocycles.